The maximum Gasteiger partial charge on any atom is 0.247 e. The highest BCUT2D eigenvalue weighted by Crippen LogP contribution is 2.43. The molecular weight excluding hydrogens is 236 g/mol. The van der Waals surface area contributed by atoms with Crippen LogP contribution in [-0.2, 0) is 4.79 Å². The van der Waals surface area contributed by atoms with Crippen molar-refractivity contribution in [2.45, 2.75) is 5.92 Å². The average Bonchev–Trinajstić information content (AvgIpc) is 2.74. The maximum absolute atomic E-state index is 11.7. The molecule has 4 N–H and O–H groups in total. The van der Waals surface area contributed by atoms with Crippen molar-refractivity contribution >= 4 is 11.6 Å². The van der Waals surface area contributed by atoms with E-state index in [0.717, 1.165) is 16.7 Å². The fraction of sp³-hybridized carbons (Fsp3) is 0.0625. The lowest BCUT2D eigenvalue weighted by molar-refractivity contribution is -0.114. The second kappa shape index (κ2) is 4.28. The Balaban J connectivity index is 2.25. The Bertz CT molecular complexity index is 674. The van der Waals surface area contributed by atoms with Crippen LogP contribution in [0.5, 0.6) is 0 Å². The summed E-state index contributed by atoms with van der Waals surface area (Å²) in [5, 5.41) is 0. The van der Waals surface area contributed by atoms with Crippen LogP contribution in [0.2, 0.25) is 0 Å². The van der Waals surface area contributed by atoms with Gasteiger partial charge in [-0.15, -0.1) is 0 Å². The molecule has 0 saturated carbocycles. The molecule has 0 heterocycles. The second-order valence-electron chi connectivity index (χ2n) is 4.62. The van der Waals surface area contributed by atoms with Gasteiger partial charge in [-0.25, -0.2) is 0 Å². The summed E-state index contributed by atoms with van der Waals surface area (Å²) in [6.07, 6.45) is 0. The van der Waals surface area contributed by atoms with Crippen molar-refractivity contribution < 1.29 is 4.79 Å². The smallest absolute Gasteiger partial charge is 0.247 e. The molecular formula is C16H14N2O. The summed E-state index contributed by atoms with van der Waals surface area (Å²) in [6.45, 7) is 0. The Kier molecular flexibility index (Phi) is 2.60. The predicted molar refractivity (Wildman–Crippen MR) is 75.0 cm³/mol. The molecule has 94 valence electrons. The lowest BCUT2D eigenvalue weighted by Crippen LogP contribution is -2.20. The molecule has 2 aromatic rings. The Morgan fingerprint density at radius 2 is 1.58 bits per heavy atom. The zero-order valence-electron chi connectivity index (χ0n) is 10.3. The number of carbonyl (C=O) groups excluding carboxylic acids is 1. The molecule has 0 spiro atoms. The largest absolute Gasteiger partial charge is 0.398 e. The first-order valence-corrected chi connectivity index (χ1v) is 6.14. The van der Waals surface area contributed by atoms with Gasteiger partial charge in [0.2, 0.25) is 5.91 Å². The van der Waals surface area contributed by atoms with Gasteiger partial charge in [-0.2, -0.15) is 0 Å². The summed E-state index contributed by atoms with van der Waals surface area (Å²) in [6, 6.07) is 17.6. The molecule has 0 unspecified atom stereocenters. The molecule has 0 fully saturated rings. The van der Waals surface area contributed by atoms with Gasteiger partial charge in [0.05, 0.1) is 5.57 Å². The molecule has 1 amide bonds. The van der Waals surface area contributed by atoms with Crippen LogP contribution in [0.3, 0.4) is 0 Å². The van der Waals surface area contributed by atoms with Crippen LogP contribution in [0.4, 0.5) is 0 Å². The molecule has 3 heteroatoms. The first-order chi connectivity index (χ1) is 9.20. The summed E-state index contributed by atoms with van der Waals surface area (Å²) >= 11 is 0. The van der Waals surface area contributed by atoms with Gasteiger partial charge in [0.15, 0.2) is 0 Å². The van der Waals surface area contributed by atoms with E-state index in [1.165, 1.54) is 0 Å². The minimum atomic E-state index is -0.456. The molecule has 1 aliphatic rings. The summed E-state index contributed by atoms with van der Waals surface area (Å²) in [4.78, 5) is 11.7. The number of rotatable bonds is 2. The first kappa shape index (κ1) is 11.5. The minimum Gasteiger partial charge on any atom is -0.398 e. The SMILES string of the molecule is NC(=O)C1=C(N)c2ccccc2[C@@H]1c1ccccc1. The topological polar surface area (TPSA) is 69.1 Å². The normalized spacial score (nSPS) is 17.4. The highest BCUT2D eigenvalue weighted by Gasteiger charge is 2.33. The molecule has 0 saturated heterocycles. The van der Waals surface area contributed by atoms with E-state index in [0.29, 0.717) is 11.3 Å². The number of carbonyl (C=O) groups is 1. The summed E-state index contributed by atoms with van der Waals surface area (Å²) < 4.78 is 0. The van der Waals surface area contributed by atoms with Gasteiger partial charge in [-0.1, -0.05) is 54.6 Å². The molecule has 3 nitrogen and oxygen atoms in total. The number of hydrogen-bond donors (Lipinski definition) is 2. The lowest BCUT2D eigenvalue weighted by Gasteiger charge is -2.15. The quantitative estimate of drug-likeness (QED) is 0.855. The van der Waals surface area contributed by atoms with E-state index < -0.39 is 5.91 Å². The van der Waals surface area contributed by atoms with Crippen LogP contribution in [0.15, 0.2) is 60.2 Å². The standard InChI is InChI=1S/C16H14N2O/c17-15-12-9-5-4-8-11(12)13(14(15)16(18)19)10-6-2-1-3-7-10/h1-9,13H,17H2,(H2,18,19)/t13-/m0/s1. The van der Waals surface area contributed by atoms with Crippen LogP contribution >= 0.6 is 0 Å². The number of primary amides is 1. The number of benzene rings is 2. The van der Waals surface area contributed by atoms with Crippen molar-refractivity contribution in [1.29, 1.82) is 0 Å². The molecule has 2 aromatic carbocycles. The fourth-order valence-electron chi connectivity index (χ4n) is 2.72. The Labute approximate surface area is 111 Å². The number of nitrogens with two attached hydrogens (primary N) is 2. The summed E-state index contributed by atoms with van der Waals surface area (Å²) in [5.74, 6) is -0.613. The van der Waals surface area contributed by atoms with Crippen molar-refractivity contribution in [3.8, 4) is 0 Å². The summed E-state index contributed by atoms with van der Waals surface area (Å²) in [5.41, 5.74) is 15.6. The van der Waals surface area contributed by atoms with E-state index in [9.17, 15) is 4.79 Å². The number of amides is 1. The third kappa shape index (κ3) is 1.71. The van der Waals surface area contributed by atoms with Gasteiger partial charge < -0.3 is 11.5 Å². The van der Waals surface area contributed by atoms with E-state index in [2.05, 4.69) is 0 Å². The molecule has 1 aliphatic carbocycles. The minimum absolute atomic E-state index is 0.158. The highest BCUT2D eigenvalue weighted by atomic mass is 16.1. The third-order valence-corrected chi connectivity index (χ3v) is 3.54. The molecule has 1 atom stereocenters. The predicted octanol–water partition coefficient (Wildman–Crippen LogP) is 1.99. The van der Waals surface area contributed by atoms with Crippen molar-refractivity contribution in [2.75, 3.05) is 0 Å². The van der Waals surface area contributed by atoms with E-state index in [1.54, 1.807) is 0 Å². The monoisotopic (exact) mass is 250 g/mol. The highest BCUT2D eigenvalue weighted by molar-refractivity contribution is 6.04. The average molecular weight is 250 g/mol. The molecule has 0 aliphatic heterocycles. The molecule has 0 aromatic heterocycles. The van der Waals surface area contributed by atoms with E-state index in [4.69, 9.17) is 11.5 Å². The Morgan fingerprint density at radius 3 is 2.26 bits per heavy atom. The molecule has 0 radical (unpaired) electrons. The number of hydrogen-bond acceptors (Lipinski definition) is 2. The first-order valence-electron chi connectivity index (χ1n) is 6.14. The zero-order chi connectivity index (χ0) is 13.4. The van der Waals surface area contributed by atoms with Crippen molar-refractivity contribution in [3.63, 3.8) is 0 Å². The Morgan fingerprint density at radius 1 is 0.947 bits per heavy atom. The molecule has 3 rings (SSSR count). The third-order valence-electron chi connectivity index (χ3n) is 3.54. The summed E-state index contributed by atoms with van der Waals surface area (Å²) in [7, 11) is 0. The Hall–Kier alpha value is -2.55. The molecule has 0 bridgehead atoms. The van der Waals surface area contributed by atoms with E-state index >= 15 is 0 Å². The fourth-order valence-corrected chi connectivity index (χ4v) is 2.72. The van der Waals surface area contributed by atoms with E-state index in [-0.39, 0.29) is 5.92 Å². The van der Waals surface area contributed by atoms with Gasteiger partial charge in [0, 0.05) is 17.2 Å². The van der Waals surface area contributed by atoms with Crippen LogP contribution in [0.25, 0.3) is 5.70 Å². The van der Waals surface area contributed by atoms with Crippen LogP contribution in [0, 0.1) is 0 Å². The van der Waals surface area contributed by atoms with Gasteiger partial charge in [-0.3, -0.25) is 4.79 Å². The van der Waals surface area contributed by atoms with Gasteiger partial charge in [0.25, 0.3) is 0 Å². The van der Waals surface area contributed by atoms with Crippen molar-refractivity contribution in [2.24, 2.45) is 11.5 Å². The molecule has 19 heavy (non-hydrogen) atoms. The van der Waals surface area contributed by atoms with Crippen molar-refractivity contribution in [1.82, 2.24) is 0 Å². The van der Waals surface area contributed by atoms with E-state index in [1.807, 2.05) is 54.6 Å². The van der Waals surface area contributed by atoms with Crippen LogP contribution < -0.4 is 11.5 Å². The van der Waals surface area contributed by atoms with Crippen molar-refractivity contribution in [3.05, 3.63) is 76.9 Å². The van der Waals surface area contributed by atoms with Gasteiger partial charge in [-0.05, 0) is 11.1 Å². The lowest BCUT2D eigenvalue weighted by atomic mass is 9.88. The van der Waals surface area contributed by atoms with Gasteiger partial charge >= 0.3 is 0 Å². The second-order valence-corrected chi connectivity index (χ2v) is 4.62. The maximum atomic E-state index is 11.7. The van der Waals surface area contributed by atoms with Crippen LogP contribution in [0.1, 0.15) is 22.6 Å². The van der Waals surface area contributed by atoms with Crippen LogP contribution in [-0.4, -0.2) is 5.91 Å². The van der Waals surface area contributed by atoms with Gasteiger partial charge in [0.1, 0.15) is 0 Å². The zero-order valence-corrected chi connectivity index (χ0v) is 10.3. The number of fused-ring (bicyclic) bond motifs is 1.